The van der Waals surface area contributed by atoms with Crippen LogP contribution in [0, 0.1) is 6.92 Å². The molecule has 0 saturated heterocycles. The molecule has 2 aromatic carbocycles. The largest absolute Gasteiger partial charge is 0.497 e. The van der Waals surface area contributed by atoms with Gasteiger partial charge in [0.1, 0.15) is 16.4 Å². The van der Waals surface area contributed by atoms with Crippen LogP contribution in [0.3, 0.4) is 0 Å². The Labute approximate surface area is 148 Å². The lowest BCUT2D eigenvalue weighted by atomic mass is 10.1. The number of fused-ring (bicyclic) bond motifs is 1. The molecule has 124 valence electrons. The fourth-order valence-corrected chi connectivity index (χ4v) is 3.87. The molecule has 0 fully saturated rings. The topological polar surface area (TPSA) is 55.0 Å². The first-order valence-corrected chi connectivity index (χ1v) is 8.77. The van der Waals surface area contributed by atoms with Gasteiger partial charge >= 0.3 is 0 Å². The minimum atomic E-state index is -0.123. The zero-order chi connectivity index (χ0) is 17.4. The number of benzene rings is 2. The quantitative estimate of drug-likeness (QED) is 0.587. The number of H-pyrrole nitrogens is 1. The van der Waals surface area contributed by atoms with Gasteiger partial charge < -0.3 is 9.72 Å². The van der Waals surface area contributed by atoms with Gasteiger partial charge in [0.2, 0.25) is 0 Å². The Hall–Kier alpha value is -2.92. The molecule has 4 aromatic rings. The van der Waals surface area contributed by atoms with Gasteiger partial charge in [-0.25, -0.2) is 4.98 Å². The molecule has 2 aromatic heterocycles. The summed E-state index contributed by atoms with van der Waals surface area (Å²) < 4.78 is 5.29. The lowest BCUT2D eigenvalue weighted by Gasteiger charge is -2.06. The summed E-state index contributed by atoms with van der Waals surface area (Å²) in [6, 6.07) is 15.6. The van der Waals surface area contributed by atoms with Crippen LogP contribution in [0.5, 0.6) is 5.75 Å². The molecule has 0 bridgehead atoms. The van der Waals surface area contributed by atoms with E-state index in [9.17, 15) is 4.79 Å². The van der Waals surface area contributed by atoms with E-state index in [1.807, 2.05) is 60.8 Å². The fraction of sp³-hybridized carbons (Fsp3) is 0.100. The van der Waals surface area contributed by atoms with Crippen LogP contribution >= 0.6 is 11.3 Å². The van der Waals surface area contributed by atoms with Crippen LogP contribution in [0.4, 0.5) is 0 Å². The lowest BCUT2D eigenvalue weighted by Crippen LogP contribution is -2.09. The number of rotatable bonds is 3. The van der Waals surface area contributed by atoms with Crippen LogP contribution in [-0.4, -0.2) is 17.1 Å². The molecule has 0 saturated carbocycles. The first-order valence-electron chi connectivity index (χ1n) is 7.89. The number of methoxy groups -OCH3 is 1. The minimum Gasteiger partial charge on any atom is -0.497 e. The molecule has 0 amide bonds. The highest BCUT2D eigenvalue weighted by molar-refractivity contribution is 7.17. The maximum absolute atomic E-state index is 12.8. The molecule has 5 heteroatoms. The van der Waals surface area contributed by atoms with Gasteiger partial charge in [-0.15, -0.1) is 11.3 Å². The van der Waals surface area contributed by atoms with Crippen molar-refractivity contribution in [3.8, 4) is 28.3 Å². The van der Waals surface area contributed by atoms with Gasteiger partial charge in [0, 0.05) is 16.5 Å². The SMILES string of the molecule is COc1cccc(-c2csc3nc(-c4ccccc4C)[nH]c(=O)c23)c1. The molecule has 0 aliphatic carbocycles. The summed E-state index contributed by atoms with van der Waals surface area (Å²) in [4.78, 5) is 21.1. The highest BCUT2D eigenvalue weighted by Gasteiger charge is 2.14. The minimum absolute atomic E-state index is 0.123. The lowest BCUT2D eigenvalue weighted by molar-refractivity contribution is 0.415. The van der Waals surface area contributed by atoms with Gasteiger partial charge in [-0.05, 0) is 30.2 Å². The Morgan fingerprint density at radius 1 is 1.08 bits per heavy atom. The van der Waals surface area contributed by atoms with Gasteiger partial charge in [-0.1, -0.05) is 36.4 Å². The molecule has 0 aliphatic rings. The molecule has 0 radical (unpaired) electrons. The van der Waals surface area contributed by atoms with Crippen LogP contribution in [0.15, 0.2) is 58.7 Å². The maximum atomic E-state index is 12.8. The van der Waals surface area contributed by atoms with E-state index in [2.05, 4.69) is 9.97 Å². The van der Waals surface area contributed by atoms with Crippen LogP contribution < -0.4 is 10.3 Å². The number of ether oxygens (including phenoxy) is 1. The van der Waals surface area contributed by atoms with Crippen molar-refractivity contribution in [2.75, 3.05) is 7.11 Å². The number of thiophene rings is 1. The highest BCUT2D eigenvalue weighted by atomic mass is 32.1. The van der Waals surface area contributed by atoms with Crippen LogP contribution in [0.1, 0.15) is 5.56 Å². The number of aryl methyl sites for hydroxylation is 1. The van der Waals surface area contributed by atoms with E-state index >= 15 is 0 Å². The molecule has 0 atom stereocenters. The maximum Gasteiger partial charge on any atom is 0.260 e. The van der Waals surface area contributed by atoms with Gasteiger partial charge in [0.25, 0.3) is 5.56 Å². The van der Waals surface area contributed by atoms with Crippen molar-refractivity contribution in [2.45, 2.75) is 6.92 Å². The third kappa shape index (κ3) is 2.72. The van der Waals surface area contributed by atoms with Gasteiger partial charge in [0.05, 0.1) is 12.5 Å². The normalized spacial score (nSPS) is 11.0. The van der Waals surface area contributed by atoms with E-state index in [-0.39, 0.29) is 5.56 Å². The van der Waals surface area contributed by atoms with Crippen molar-refractivity contribution in [1.82, 2.24) is 9.97 Å². The van der Waals surface area contributed by atoms with Crippen LogP contribution in [-0.2, 0) is 0 Å². The van der Waals surface area contributed by atoms with E-state index in [0.717, 1.165) is 32.8 Å². The fourth-order valence-electron chi connectivity index (χ4n) is 2.92. The number of aromatic amines is 1. The van der Waals surface area contributed by atoms with Crippen molar-refractivity contribution < 1.29 is 4.74 Å². The number of nitrogens with one attached hydrogen (secondary N) is 1. The van der Waals surface area contributed by atoms with E-state index in [1.165, 1.54) is 11.3 Å². The van der Waals surface area contributed by atoms with E-state index in [1.54, 1.807) is 7.11 Å². The standard InChI is InChI=1S/C20H16N2O2S/c1-12-6-3-4-9-15(12)18-21-19(23)17-16(11-25-20(17)22-18)13-7-5-8-14(10-13)24-2/h3-11H,1-2H3,(H,21,22,23). The summed E-state index contributed by atoms with van der Waals surface area (Å²) in [5, 5.41) is 2.60. The van der Waals surface area contributed by atoms with Gasteiger partial charge in [-0.3, -0.25) is 4.79 Å². The Morgan fingerprint density at radius 2 is 1.92 bits per heavy atom. The zero-order valence-electron chi connectivity index (χ0n) is 13.9. The monoisotopic (exact) mass is 348 g/mol. The third-order valence-corrected chi connectivity index (χ3v) is 5.10. The van der Waals surface area contributed by atoms with Crippen molar-refractivity contribution >= 4 is 21.6 Å². The second-order valence-corrected chi connectivity index (χ2v) is 6.65. The highest BCUT2D eigenvalue weighted by Crippen LogP contribution is 2.33. The molecule has 0 unspecified atom stereocenters. The zero-order valence-corrected chi connectivity index (χ0v) is 14.7. The second-order valence-electron chi connectivity index (χ2n) is 5.79. The summed E-state index contributed by atoms with van der Waals surface area (Å²) in [6.45, 7) is 2.01. The van der Waals surface area contributed by atoms with E-state index in [0.29, 0.717) is 11.2 Å². The Morgan fingerprint density at radius 3 is 2.72 bits per heavy atom. The smallest absolute Gasteiger partial charge is 0.260 e. The third-order valence-electron chi connectivity index (χ3n) is 4.22. The van der Waals surface area contributed by atoms with Crippen molar-refractivity contribution in [3.63, 3.8) is 0 Å². The molecule has 4 rings (SSSR count). The Kier molecular flexibility index (Phi) is 3.86. The summed E-state index contributed by atoms with van der Waals surface area (Å²) >= 11 is 1.48. The Bertz CT molecular complexity index is 1130. The summed E-state index contributed by atoms with van der Waals surface area (Å²) in [5.41, 5.74) is 3.72. The Balaban J connectivity index is 1.91. The summed E-state index contributed by atoms with van der Waals surface area (Å²) in [7, 11) is 1.63. The number of nitrogens with zero attached hydrogens (tertiary/aromatic N) is 1. The second kappa shape index (κ2) is 6.18. The molecular formula is C20H16N2O2S. The first kappa shape index (κ1) is 15.6. The molecule has 0 aliphatic heterocycles. The van der Waals surface area contributed by atoms with Crippen LogP contribution in [0.2, 0.25) is 0 Å². The average Bonchev–Trinajstić information content (AvgIpc) is 3.07. The van der Waals surface area contributed by atoms with E-state index < -0.39 is 0 Å². The summed E-state index contributed by atoms with van der Waals surface area (Å²) in [6.07, 6.45) is 0. The van der Waals surface area contributed by atoms with Crippen LogP contribution in [0.25, 0.3) is 32.7 Å². The van der Waals surface area contributed by atoms with Crippen molar-refractivity contribution in [2.24, 2.45) is 0 Å². The average molecular weight is 348 g/mol. The number of hydrogen-bond donors (Lipinski definition) is 1. The molecule has 0 spiro atoms. The number of aromatic nitrogens is 2. The van der Waals surface area contributed by atoms with Crippen molar-refractivity contribution in [3.05, 3.63) is 69.8 Å². The number of hydrogen-bond acceptors (Lipinski definition) is 4. The van der Waals surface area contributed by atoms with Crippen molar-refractivity contribution in [1.29, 1.82) is 0 Å². The molecule has 2 heterocycles. The molecule has 25 heavy (non-hydrogen) atoms. The molecule has 4 nitrogen and oxygen atoms in total. The predicted molar refractivity (Wildman–Crippen MR) is 102 cm³/mol. The molecule has 1 N–H and O–H groups in total. The summed E-state index contributed by atoms with van der Waals surface area (Å²) in [5.74, 6) is 1.37. The first-order chi connectivity index (χ1) is 12.2. The van der Waals surface area contributed by atoms with Gasteiger partial charge in [0.15, 0.2) is 0 Å². The predicted octanol–water partition coefficient (Wildman–Crippen LogP) is 4.64. The van der Waals surface area contributed by atoms with E-state index in [4.69, 9.17) is 4.74 Å². The molecular weight excluding hydrogens is 332 g/mol. The van der Waals surface area contributed by atoms with Gasteiger partial charge in [-0.2, -0.15) is 0 Å².